The van der Waals surface area contributed by atoms with E-state index in [9.17, 15) is 4.79 Å². The van der Waals surface area contributed by atoms with Crippen LogP contribution in [0.3, 0.4) is 0 Å². The predicted molar refractivity (Wildman–Crippen MR) is 81.7 cm³/mol. The van der Waals surface area contributed by atoms with Crippen molar-refractivity contribution in [3.05, 3.63) is 28.5 Å². The smallest absolute Gasteiger partial charge is 0.256 e. The summed E-state index contributed by atoms with van der Waals surface area (Å²) in [6.07, 6.45) is 6.63. The Kier molecular flexibility index (Phi) is 4.36. The molecule has 4 nitrogen and oxygen atoms in total. The molecule has 0 bridgehead atoms. The van der Waals surface area contributed by atoms with Crippen LogP contribution in [0, 0.1) is 0 Å². The first kappa shape index (κ1) is 14.0. The number of carbonyl (C=O) groups is 1. The molecule has 0 spiro atoms. The summed E-state index contributed by atoms with van der Waals surface area (Å²) in [5.41, 5.74) is 0.676. The standard InChI is InChI=1S/C15H20BrN3O/c16-14-13(6-3-7-17-14)15(20)19-10-4-5-12(11-19)18-8-1-2-9-18/h3,6-7,12H,1-2,4-5,8-11H2. The topological polar surface area (TPSA) is 36.4 Å². The largest absolute Gasteiger partial charge is 0.337 e. The molecule has 0 saturated carbocycles. The number of aromatic nitrogens is 1. The molecule has 2 fully saturated rings. The Morgan fingerprint density at radius 3 is 2.80 bits per heavy atom. The summed E-state index contributed by atoms with van der Waals surface area (Å²) in [5.74, 6) is 0.105. The van der Waals surface area contributed by atoms with Crippen molar-refractivity contribution in [3.63, 3.8) is 0 Å². The van der Waals surface area contributed by atoms with Crippen molar-refractivity contribution in [2.75, 3.05) is 26.2 Å². The third kappa shape index (κ3) is 2.88. The van der Waals surface area contributed by atoms with Crippen LogP contribution >= 0.6 is 15.9 Å². The predicted octanol–water partition coefficient (Wildman–Crippen LogP) is 2.54. The summed E-state index contributed by atoms with van der Waals surface area (Å²) < 4.78 is 0.647. The maximum absolute atomic E-state index is 12.6. The van der Waals surface area contributed by atoms with E-state index in [1.54, 1.807) is 6.20 Å². The summed E-state index contributed by atoms with van der Waals surface area (Å²) in [5, 5.41) is 0. The molecule has 0 aliphatic carbocycles. The molecule has 0 N–H and O–H groups in total. The van der Waals surface area contributed by atoms with Crippen molar-refractivity contribution < 1.29 is 4.79 Å². The van der Waals surface area contributed by atoms with E-state index in [2.05, 4.69) is 25.8 Å². The summed E-state index contributed by atoms with van der Waals surface area (Å²) in [4.78, 5) is 21.3. The maximum atomic E-state index is 12.6. The van der Waals surface area contributed by atoms with E-state index in [1.165, 1.54) is 32.4 Å². The molecule has 1 aromatic heterocycles. The van der Waals surface area contributed by atoms with Crippen LogP contribution < -0.4 is 0 Å². The van der Waals surface area contributed by atoms with Crippen LogP contribution in [-0.4, -0.2) is 52.9 Å². The highest BCUT2D eigenvalue weighted by Gasteiger charge is 2.30. The number of carbonyl (C=O) groups excluding carboxylic acids is 1. The first-order chi connectivity index (χ1) is 9.75. The lowest BCUT2D eigenvalue weighted by Gasteiger charge is -2.37. The SMILES string of the molecule is O=C(c1cccnc1Br)N1CCCC(N2CCCC2)C1. The minimum Gasteiger partial charge on any atom is -0.337 e. The first-order valence-electron chi connectivity index (χ1n) is 7.39. The van der Waals surface area contributed by atoms with Crippen LogP contribution in [-0.2, 0) is 0 Å². The van der Waals surface area contributed by atoms with Crippen LogP contribution in [0.2, 0.25) is 0 Å². The van der Waals surface area contributed by atoms with Gasteiger partial charge in [0.15, 0.2) is 0 Å². The fourth-order valence-electron chi connectivity index (χ4n) is 3.26. The molecule has 3 rings (SSSR count). The Balaban J connectivity index is 1.70. The molecule has 3 heterocycles. The number of halogens is 1. The lowest BCUT2D eigenvalue weighted by atomic mass is 10.0. The van der Waals surface area contributed by atoms with Gasteiger partial charge in [-0.05, 0) is 66.8 Å². The molecule has 20 heavy (non-hydrogen) atoms. The lowest BCUT2D eigenvalue weighted by Crippen LogP contribution is -2.49. The van der Waals surface area contributed by atoms with Crippen LogP contribution in [0.15, 0.2) is 22.9 Å². The Bertz CT molecular complexity index is 488. The molecule has 1 amide bonds. The molecular formula is C15H20BrN3O. The van der Waals surface area contributed by atoms with E-state index in [0.717, 1.165) is 19.5 Å². The van der Waals surface area contributed by atoms with E-state index < -0.39 is 0 Å². The zero-order valence-electron chi connectivity index (χ0n) is 11.6. The zero-order chi connectivity index (χ0) is 13.9. The van der Waals surface area contributed by atoms with Gasteiger partial charge >= 0.3 is 0 Å². The van der Waals surface area contributed by atoms with Gasteiger partial charge in [0, 0.05) is 25.3 Å². The van der Waals surface area contributed by atoms with Gasteiger partial charge in [-0.3, -0.25) is 9.69 Å². The quantitative estimate of drug-likeness (QED) is 0.778. The van der Waals surface area contributed by atoms with Gasteiger partial charge in [0.2, 0.25) is 0 Å². The summed E-state index contributed by atoms with van der Waals surface area (Å²) in [7, 11) is 0. The van der Waals surface area contributed by atoms with E-state index >= 15 is 0 Å². The number of rotatable bonds is 2. The van der Waals surface area contributed by atoms with E-state index in [-0.39, 0.29) is 5.91 Å². The Morgan fingerprint density at radius 2 is 2.05 bits per heavy atom. The highest BCUT2D eigenvalue weighted by Crippen LogP contribution is 2.23. The number of hydrogen-bond donors (Lipinski definition) is 0. The monoisotopic (exact) mass is 337 g/mol. The number of hydrogen-bond acceptors (Lipinski definition) is 3. The molecular weight excluding hydrogens is 318 g/mol. The molecule has 108 valence electrons. The fraction of sp³-hybridized carbons (Fsp3) is 0.600. The van der Waals surface area contributed by atoms with Crippen LogP contribution in [0.25, 0.3) is 0 Å². The van der Waals surface area contributed by atoms with Gasteiger partial charge < -0.3 is 4.90 Å². The van der Waals surface area contributed by atoms with Crippen LogP contribution in [0.1, 0.15) is 36.0 Å². The van der Waals surface area contributed by atoms with Gasteiger partial charge in [0.25, 0.3) is 5.91 Å². The molecule has 1 unspecified atom stereocenters. The third-order valence-electron chi connectivity index (χ3n) is 4.33. The molecule has 0 radical (unpaired) electrons. The zero-order valence-corrected chi connectivity index (χ0v) is 13.2. The third-order valence-corrected chi connectivity index (χ3v) is 4.96. The highest BCUT2D eigenvalue weighted by atomic mass is 79.9. The minimum atomic E-state index is 0.105. The van der Waals surface area contributed by atoms with Crippen molar-refractivity contribution in [1.29, 1.82) is 0 Å². The summed E-state index contributed by atoms with van der Waals surface area (Å²) in [6.45, 7) is 4.12. The van der Waals surface area contributed by atoms with Gasteiger partial charge in [-0.2, -0.15) is 0 Å². The van der Waals surface area contributed by atoms with Crippen molar-refractivity contribution in [2.45, 2.75) is 31.7 Å². The van der Waals surface area contributed by atoms with Crippen molar-refractivity contribution >= 4 is 21.8 Å². The van der Waals surface area contributed by atoms with Crippen LogP contribution in [0.5, 0.6) is 0 Å². The molecule has 2 aliphatic rings. The molecule has 0 aromatic carbocycles. The Labute approximate surface area is 128 Å². The highest BCUT2D eigenvalue weighted by molar-refractivity contribution is 9.10. The molecule has 2 saturated heterocycles. The van der Waals surface area contributed by atoms with Crippen molar-refractivity contribution in [1.82, 2.24) is 14.8 Å². The number of amides is 1. The van der Waals surface area contributed by atoms with Gasteiger partial charge in [-0.15, -0.1) is 0 Å². The number of piperidine rings is 1. The molecule has 1 atom stereocenters. The second kappa shape index (κ2) is 6.22. The minimum absolute atomic E-state index is 0.105. The van der Waals surface area contributed by atoms with E-state index in [1.807, 2.05) is 17.0 Å². The second-order valence-corrected chi connectivity index (χ2v) is 6.38. The average Bonchev–Trinajstić information content (AvgIpc) is 3.01. The normalized spacial score (nSPS) is 24.1. The Hall–Kier alpha value is -0.940. The van der Waals surface area contributed by atoms with Gasteiger partial charge in [0.05, 0.1) is 5.56 Å². The second-order valence-electron chi connectivity index (χ2n) is 5.63. The van der Waals surface area contributed by atoms with E-state index in [0.29, 0.717) is 16.2 Å². The van der Waals surface area contributed by atoms with Gasteiger partial charge in [-0.1, -0.05) is 0 Å². The average molecular weight is 338 g/mol. The first-order valence-corrected chi connectivity index (χ1v) is 8.19. The van der Waals surface area contributed by atoms with Crippen molar-refractivity contribution in [3.8, 4) is 0 Å². The number of likely N-dealkylation sites (tertiary alicyclic amines) is 2. The summed E-state index contributed by atoms with van der Waals surface area (Å²) >= 11 is 3.38. The fourth-order valence-corrected chi connectivity index (χ4v) is 3.68. The van der Waals surface area contributed by atoms with Crippen LogP contribution in [0.4, 0.5) is 0 Å². The molecule has 5 heteroatoms. The van der Waals surface area contributed by atoms with Crippen molar-refractivity contribution in [2.24, 2.45) is 0 Å². The van der Waals surface area contributed by atoms with Gasteiger partial charge in [-0.25, -0.2) is 4.98 Å². The number of nitrogens with zero attached hydrogens (tertiary/aromatic N) is 3. The summed E-state index contributed by atoms with van der Waals surface area (Å²) in [6, 6.07) is 4.21. The maximum Gasteiger partial charge on any atom is 0.256 e. The lowest BCUT2D eigenvalue weighted by molar-refractivity contribution is 0.0606. The molecule has 2 aliphatic heterocycles. The Morgan fingerprint density at radius 1 is 1.25 bits per heavy atom. The van der Waals surface area contributed by atoms with E-state index in [4.69, 9.17) is 0 Å². The number of pyridine rings is 1. The molecule has 1 aromatic rings. The van der Waals surface area contributed by atoms with Gasteiger partial charge in [0.1, 0.15) is 4.60 Å².